The molecule has 1 aromatic carbocycles. The number of aromatic hydroxyl groups is 1. The number of benzene rings is 1. The Morgan fingerprint density at radius 2 is 2.06 bits per heavy atom. The van der Waals surface area contributed by atoms with Gasteiger partial charge in [-0.2, -0.15) is 0 Å². The van der Waals surface area contributed by atoms with Crippen molar-refractivity contribution in [1.82, 2.24) is 0 Å². The van der Waals surface area contributed by atoms with Crippen LogP contribution in [0.3, 0.4) is 0 Å². The van der Waals surface area contributed by atoms with E-state index in [2.05, 4.69) is 18.4 Å². The van der Waals surface area contributed by atoms with Crippen molar-refractivity contribution in [2.75, 3.05) is 7.05 Å². The second-order valence-corrected chi connectivity index (χ2v) is 3.64. The van der Waals surface area contributed by atoms with Crippen molar-refractivity contribution in [2.24, 2.45) is 4.99 Å². The predicted octanol–water partition coefficient (Wildman–Crippen LogP) is 0.873. The summed E-state index contributed by atoms with van der Waals surface area (Å²) in [6, 6.07) is 6.29. The molecule has 0 aliphatic carbocycles. The largest absolute Gasteiger partial charge is 0.508 e. The summed E-state index contributed by atoms with van der Waals surface area (Å²) in [4.78, 5) is 14.9. The number of phenols is 1. The van der Waals surface area contributed by atoms with Gasteiger partial charge in [-0.1, -0.05) is 12.1 Å². The molecule has 0 saturated carbocycles. The van der Waals surface area contributed by atoms with E-state index in [1.807, 2.05) is 0 Å². The van der Waals surface area contributed by atoms with Gasteiger partial charge in [-0.15, -0.1) is 0 Å². The molecule has 0 bridgehead atoms. The van der Waals surface area contributed by atoms with Crippen LogP contribution in [0.25, 0.3) is 0 Å². The summed E-state index contributed by atoms with van der Waals surface area (Å²) in [6.07, 6.45) is 0.498. The number of rotatable bonds is 4. The van der Waals surface area contributed by atoms with Gasteiger partial charge in [0.15, 0.2) is 0 Å². The summed E-state index contributed by atoms with van der Waals surface area (Å²) in [5.41, 5.74) is 0.940. The molecule has 1 amide bonds. The lowest BCUT2D eigenvalue weighted by atomic mass is 10.1. The van der Waals surface area contributed by atoms with Crippen LogP contribution >= 0.6 is 0 Å². The second kappa shape index (κ2) is 5.21. The summed E-state index contributed by atoms with van der Waals surface area (Å²) in [7, 11) is 1.72. The molecule has 0 aromatic heterocycles. The van der Waals surface area contributed by atoms with Gasteiger partial charge in [0.1, 0.15) is 19.5 Å². The normalized spacial score (nSPS) is 11.8. The van der Waals surface area contributed by atoms with Crippen molar-refractivity contribution < 1.29 is 14.5 Å². The molecule has 1 unspecified atom stereocenters. The van der Waals surface area contributed by atoms with Gasteiger partial charge in [-0.25, -0.2) is 9.57 Å². The average molecular weight is 219 g/mol. The van der Waals surface area contributed by atoms with Gasteiger partial charge in [0.25, 0.3) is 0 Å². The molecule has 4 heteroatoms. The molecule has 1 aromatic rings. The lowest BCUT2D eigenvalue weighted by Gasteiger charge is -2.08. The number of hydrogen-bond acceptors (Lipinski definition) is 2. The fourth-order valence-corrected chi connectivity index (χ4v) is 1.39. The number of phenolic OH excluding ortho intramolecular Hbond substituents is 1. The van der Waals surface area contributed by atoms with E-state index >= 15 is 0 Å². The molecular formula is C12H15N2O2+. The highest BCUT2D eigenvalue weighted by molar-refractivity contribution is 5.84. The van der Waals surface area contributed by atoms with Crippen LogP contribution in [0.1, 0.15) is 5.56 Å². The Labute approximate surface area is 94.6 Å². The first-order valence-electron chi connectivity index (χ1n) is 4.86. The van der Waals surface area contributed by atoms with Gasteiger partial charge < -0.3 is 5.11 Å². The van der Waals surface area contributed by atoms with Crippen LogP contribution in [0.15, 0.2) is 29.3 Å². The van der Waals surface area contributed by atoms with E-state index < -0.39 is 6.04 Å². The highest BCUT2D eigenvalue weighted by Crippen LogP contribution is 2.12. The molecule has 84 valence electrons. The van der Waals surface area contributed by atoms with Gasteiger partial charge in [0.2, 0.25) is 6.04 Å². The summed E-state index contributed by atoms with van der Waals surface area (Å²) in [6.45, 7) is 6.92. The van der Waals surface area contributed by atoms with Gasteiger partial charge in [0, 0.05) is 6.42 Å². The lowest BCUT2D eigenvalue weighted by Crippen LogP contribution is -2.31. The number of likely N-dealkylation sites (N-methyl/N-ethyl adjacent to an activating group) is 1. The first kappa shape index (κ1) is 12.1. The minimum absolute atomic E-state index is 0.205. The lowest BCUT2D eigenvalue weighted by molar-refractivity contribution is -0.514. The fraction of sp³-hybridized carbons (Fsp3) is 0.250. The van der Waals surface area contributed by atoms with E-state index in [0.29, 0.717) is 6.42 Å². The van der Waals surface area contributed by atoms with Gasteiger partial charge >= 0.3 is 5.91 Å². The molecular weight excluding hydrogens is 204 g/mol. The number of hydrogen-bond donors (Lipinski definition) is 1. The third-order valence-electron chi connectivity index (χ3n) is 2.34. The molecule has 1 atom stereocenters. The van der Waals surface area contributed by atoms with Gasteiger partial charge in [-0.05, 0) is 24.4 Å². The maximum atomic E-state index is 11.5. The zero-order chi connectivity index (χ0) is 12.1. The Bertz CT molecular complexity index is 410. The number of nitrogens with zero attached hydrogens (tertiary/aromatic N) is 2. The first-order valence-corrected chi connectivity index (χ1v) is 4.86. The number of carbonyl (C=O) groups is 1. The standard InChI is InChI=1S/C12H14N2O2/c1-13-12(16)11(14(2)3)8-9-4-6-10(15)7-5-9/h4-7,11H,1-2,8H2,3H3/p+1. The van der Waals surface area contributed by atoms with Crippen LogP contribution in [-0.4, -0.2) is 42.1 Å². The van der Waals surface area contributed by atoms with Gasteiger partial charge in [-0.3, -0.25) is 4.79 Å². The summed E-state index contributed by atoms with van der Waals surface area (Å²) in [5, 5.41) is 9.14. The van der Waals surface area contributed by atoms with Crippen molar-refractivity contribution in [1.29, 1.82) is 0 Å². The zero-order valence-electron chi connectivity index (χ0n) is 9.26. The van der Waals surface area contributed by atoms with Crippen molar-refractivity contribution >= 4 is 19.3 Å². The van der Waals surface area contributed by atoms with E-state index in [1.54, 1.807) is 35.9 Å². The van der Waals surface area contributed by atoms with Crippen LogP contribution in [-0.2, 0) is 11.2 Å². The van der Waals surface area contributed by atoms with Crippen LogP contribution in [0.4, 0.5) is 0 Å². The maximum Gasteiger partial charge on any atom is 0.313 e. The zero-order valence-corrected chi connectivity index (χ0v) is 9.26. The summed E-state index contributed by atoms with van der Waals surface area (Å²) in [5.74, 6) is -0.0953. The molecule has 0 fully saturated rings. The highest BCUT2D eigenvalue weighted by atomic mass is 16.3. The van der Waals surface area contributed by atoms with E-state index in [9.17, 15) is 4.79 Å². The number of aliphatic imine (C=N–C) groups is 1. The molecule has 0 spiro atoms. The Balaban J connectivity index is 2.83. The third-order valence-corrected chi connectivity index (χ3v) is 2.34. The molecule has 16 heavy (non-hydrogen) atoms. The van der Waals surface area contributed by atoms with E-state index in [-0.39, 0.29) is 11.7 Å². The SMILES string of the molecule is C=NC(=O)C(Cc1ccc(O)cc1)[N+](=C)C. The molecule has 0 radical (unpaired) electrons. The number of amides is 1. The molecule has 0 aliphatic rings. The van der Waals surface area contributed by atoms with Crippen molar-refractivity contribution in [3.05, 3.63) is 29.8 Å². The van der Waals surface area contributed by atoms with E-state index in [1.165, 1.54) is 0 Å². The fourth-order valence-electron chi connectivity index (χ4n) is 1.39. The Kier molecular flexibility index (Phi) is 3.94. The first-order chi connectivity index (χ1) is 7.54. The van der Waals surface area contributed by atoms with E-state index in [4.69, 9.17) is 5.11 Å². The minimum atomic E-state index is -0.415. The molecule has 0 heterocycles. The monoisotopic (exact) mass is 219 g/mol. The van der Waals surface area contributed by atoms with Crippen LogP contribution in [0.2, 0.25) is 0 Å². The third kappa shape index (κ3) is 3.02. The molecule has 4 nitrogen and oxygen atoms in total. The van der Waals surface area contributed by atoms with E-state index in [0.717, 1.165) is 5.56 Å². The molecule has 0 saturated heterocycles. The van der Waals surface area contributed by atoms with Crippen molar-refractivity contribution in [2.45, 2.75) is 12.5 Å². The predicted molar refractivity (Wildman–Crippen MR) is 63.5 cm³/mol. The molecule has 1 rings (SSSR count). The minimum Gasteiger partial charge on any atom is -0.508 e. The van der Waals surface area contributed by atoms with Crippen LogP contribution < -0.4 is 0 Å². The Morgan fingerprint density at radius 1 is 1.50 bits per heavy atom. The molecule has 1 N–H and O–H groups in total. The topological polar surface area (TPSA) is 52.7 Å². The average Bonchev–Trinajstić information content (AvgIpc) is 2.27. The second-order valence-electron chi connectivity index (χ2n) is 3.64. The van der Waals surface area contributed by atoms with Gasteiger partial charge in [0.05, 0.1) is 0 Å². The van der Waals surface area contributed by atoms with Crippen molar-refractivity contribution in [3.63, 3.8) is 0 Å². The smallest absolute Gasteiger partial charge is 0.313 e. The quantitative estimate of drug-likeness (QED) is 0.603. The summed E-state index contributed by atoms with van der Waals surface area (Å²) < 4.78 is 1.56. The van der Waals surface area contributed by atoms with Crippen LogP contribution in [0, 0.1) is 0 Å². The Hall–Kier alpha value is -1.97. The Morgan fingerprint density at radius 3 is 2.50 bits per heavy atom. The molecule has 0 aliphatic heterocycles. The highest BCUT2D eigenvalue weighted by Gasteiger charge is 2.24. The number of carbonyl (C=O) groups excluding carboxylic acids is 1. The maximum absolute atomic E-state index is 11.5. The van der Waals surface area contributed by atoms with Crippen molar-refractivity contribution in [3.8, 4) is 5.75 Å². The summed E-state index contributed by atoms with van der Waals surface area (Å²) >= 11 is 0. The van der Waals surface area contributed by atoms with Crippen LogP contribution in [0.5, 0.6) is 5.75 Å².